The second kappa shape index (κ2) is 7.42. The molecule has 23 heavy (non-hydrogen) atoms. The molecule has 2 nitrogen and oxygen atoms in total. The zero-order chi connectivity index (χ0) is 17.0. The Bertz CT molecular complexity index is 638. The Kier molecular flexibility index (Phi) is 5.56. The monoisotopic (exact) mass is 326 g/mol. The van der Waals surface area contributed by atoms with Crippen LogP contribution in [0, 0.1) is 27.7 Å². The zero-order valence-corrected chi connectivity index (χ0v) is 14.9. The predicted molar refractivity (Wildman–Crippen MR) is 97.6 cm³/mol. The third-order valence-corrected chi connectivity index (χ3v) is 4.45. The molecule has 0 aromatic heterocycles. The smallest absolute Gasteiger partial charge is 0.132 e. The third kappa shape index (κ3) is 3.99. The van der Waals surface area contributed by atoms with Crippen LogP contribution in [-0.2, 0) is 0 Å². The molecular weight excluding hydrogens is 304 g/mol. The fraction of sp³-hybridized carbons (Fsp3) is 0.200. The third-order valence-electron chi connectivity index (χ3n) is 3.51. The highest BCUT2D eigenvalue weighted by Crippen LogP contribution is 2.36. The predicted octanol–water partition coefficient (Wildman–Crippen LogP) is 6.12. The Morgan fingerprint density at radius 2 is 1.00 bits per heavy atom. The van der Waals surface area contributed by atoms with Crippen LogP contribution in [0.25, 0.3) is 0 Å². The van der Waals surface area contributed by atoms with Gasteiger partial charge in [-0.1, -0.05) is 24.9 Å². The van der Waals surface area contributed by atoms with E-state index in [2.05, 4.69) is 37.4 Å². The molecule has 0 aliphatic heterocycles. The molecule has 0 heterocycles. The molecule has 0 aliphatic carbocycles. The average molecular weight is 326 g/mol. The minimum atomic E-state index is 0.881. The lowest BCUT2D eigenvalue weighted by atomic mass is 10.1. The van der Waals surface area contributed by atoms with Crippen molar-refractivity contribution in [3.05, 3.63) is 72.2 Å². The van der Waals surface area contributed by atoms with Crippen molar-refractivity contribution in [2.24, 2.45) is 0 Å². The summed E-state index contributed by atoms with van der Waals surface area (Å²) in [5.74, 6) is 1.76. The molecule has 2 rings (SSSR count). The van der Waals surface area contributed by atoms with Gasteiger partial charge in [-0.25, -0.2) is 0 Å². The highest BCUT2D eigenvalue weighted by atomic mass is 32.2. The van der Waals surface area contributed by atoms with E-state index in [4.69, 9.17) is 9.47 Å². The van der Waals surface area contributed by atoms with Crippen LogP contribution in [0.1, 0.15) is 22.3 Å². The molecule has 0 unspecified atom stereocenters. The summed E-state index contributed by atoms with van der Waals surface area (Å²) in [7, 11) is 0. The number of hydrogen-bond donors (Lipinski definition) is 0. The summed E-state index contributed by atoms with van der Waals surface area (Å²) in [6.45, 7) is 15.4. The highest BCUT2D eigenvalue weighted by Gasteiger charge is 2.10. The van der Waals surface area contributed by atoms with Crippen LogP contribution < -0.4 is 9.47 Å². The molecular formula is C20H22O2S. The van der Waals surface area contributed by atoms with E-state index in [1.807, 2.05) is 27.7 Å². The molecule has 0 N–H and O–H groups in total. The lowest BCUT2D eigenvalue weighted by molar-refractivity contribution is 0.475. The van der Waals surface area contributed by atoms with Crippen molar-refractivity contribution in [3.8, 4) is 11.5 Å². The summed E-state index contributed by atoms with van der Waals surface area (Å²) in [6, 6.07) is 8.54. The molecule has 2 aromatic carbocycles. The van der Waals surface area contributed by atoms with Gasteiger partial charge in [-0.3, -0.25) is 0 Å². The second-order valence-electron chi connectivity index (χ2n) is 5.44. The minimum Gasteiger partial charge on any atom is -0.465 e. The molecule has 120 valence electrons. The van der Waals surface area contributed by atoms with Crippen LogP contribution in [0.4, 0.5) is 0 Å². The van der Waals surface area contributed by atoms with Gasteiger partial charge in [-0.05, 0) is 74.2 Å². The van der Waals surface area contributed by atoms with E-state index < -0.39 is 0 Å². The molecule has 3 heteroatoms. The Morgan fingerprint density at radius 1 is 0.696 bits per heavy atom. The SMILES string of the molecule is C=COc1c(C)cc(Sc2cc(C)c(OC=C)c(C)c2)cc1C. The number of rotatable bonds is 6. The largest absolute Gasteiger partial charge is 0.465 e. The van der Waals surface area contributed by atoms with E-state index in [1.54, 1.807) is 11.8 Å². The number of benzene rings is 2. The van der Waals surface area contributed by atoms with E-state index in [-0.39, 0.29) is 0 Å². The summed E-state index contributed by atoms with van der Waals surface area (Å²) in [5.41, 5.74) is 4.42. The van der Waals surface area contributed by atoms with Gasteiger partial charge in [0.1, 0.15) is 11.5 Å². The fourth-order valence-corrected chi connectivity index (χ4v) is 3.83. The maximum Gasteiger partial charge on any atom is 0.132 e. The van der Waals surface area contributed by atoms with Gasteiger partial charge < -0.3 is 9.47 Å². The Morgan fingerprint density at radius 3 is 1.26 bits per heavy atom. The van der Waals surface area contributed by atoms with Gasteiger partial charge in [0.2, 0.25) is 0 Å². The van der Waals surface area contributed by atoms with Gasteiger partial charge in [0.15, 0.2) is 0 Å². The summed E-state index contributed by atoms with van der Waals surface area (Å²) in [5, 5.41) is 0. The van der Waals surface area contributed by atoms with E-state index in [0.717, 1.165) is 33.8 Å². The number of hydrogen-bond acceptors (Lipinski definition) is 3. The molecule has 0 aliphatic rings. The average Bonchev–Trinajstić information content (AvgIpc) is 2.47. The quantitative estimate of drug-likeness (QED) is 0.596. The van der Waals surface area contributed by atoms with Crippen molar-refractivity contribution in [1.82, 2.24) is 0 Å². The fourth-order valence-electron chi connectivity index (χ4n) is 2.61. The van der Waals surface area contributed by atoms with Crippen LogP contribution in [0.15, 0.2) is 59.7 Å². The first-order valence-corrected chi connectivity index (χ1v) is 8.23. The number of aryl methyl sites for hydroxylation is 4. The van der Waals surface area contributed by atoms with Gasteiger partial charge >= 0.3 is 0 Å². The van der Waals surface area contributed by atoms with Gasteiger partial charge in [0, 0.05) is 9.79 Å². The van der Waals surface area contributed by atoms with E-state index in [9.17, 15) is 0 Å². The van der Waals surface area contributed by atoms with Gasteiger partial charge in [0.25, 0.3) is 0 Å². The van der Waals surface area contributed by atoms with Gasteiger partial charge in [-0.2, -0.15) is 0 Å². The number of ether oxygens (including phenoxy) is 2. The first kappa shape index (κ1) is 17.2. The normalized spacial score (nSPS) is 10.3. The van der Waals surface area contributed by atoms with Crippen molar-refractivity contribution in [3.63, 3.8) is 0 Å². The summed E-state index contributed by atoms with van der Waals surface area (Å²) >= 11 is 1.74. The van der Waals surface area contributed by atoms with Crippen LogP contribution in [0.5, 0.6) is 11.5 Å². The lowest BCUT2D eigenvalue weighted by Gasteiger charge is -2.13. The Balaban J connectivity index is 2.32. The van der Waals surface area contributed by atoms with Crippen molar-refractivity contribution < 1.29 is 9.47 Å². The van der Waals surface area contributed by atoms with E-state index >= 15 is 0 Å². The lowest BCUT2D eigenvalue weighted by Crippen LogP contribution is -1.92. The molecule has 0 saturated heterocycles. The van der Waals surface area contributed by atoms with Crippen LogP contribution >= 0.6 is 11.8 Å². The van der Waals surface area contributed by atoms with Crippen LogP contribution in [0.2, 0.25) is 0 Å². The van der Waals surface area contributed by atoms with E-state index in [1.165, 1.54) is 22.3 Å². The van der Waals surface area contributed by atoms with Crippen LogP contribution in [-0.4, -0.2) is 0 Å². The van der Waals surface area contributed by atoms with Crippen molar-refractivity contribution in [2.75, 3.05) is 0 Å². The molecule has 0 atom stereocenters. The summed E-state index contributed by atoms with van der Waals surface area (Å²) in [4.78, 5) is 2.38. The summed E-state index contributed by atoms with van der Waals surface area (Å²) in [6.07, 6.45) is 2.93. The van der Waals surface area contributed by atoms with E-state index in [0.29, 0.717) is 0 Å². The maximum atomic E-state index is 5.48. The first-order valence-electron chi connectivity index (χ1n) is 7.41. The molecule has 0 amide bonds. The molecule has 0 spiro atoms. The van der Waals surface area contributed by atoms with Crippen molar-refractivity contribution in [2.45, 2.75) is 37.5 Å². The van der Waals surface area contributed by atoms with Gasteiger partial charge in [-0.15, -0.1) is 0 Å². The topological polar surface area (TPSA) is 18.5 Å². The van der Waals surface area contributed by atoms with Gasteiger partial charge in [0.05, 0.1) is 12.5 Å². The first-order chi connectivity index (χ1) is 11.0. The molecule has 0 radical (unpaired) electrons. The molecule has 2 aromatic rings. The molecule has 0 bridgehead atoms. The molecule has 0 fully saturated rings. The highest BCUT2D eigenvalue weighted by molar-refractivity contribution is 7.99. The standard InChI is InChI=1S/C20H22O2S/c1-7-21-19-13(3)9-17(10-14(19)4)23-18-11-15(5)20(22-8-2)16(6)12-18/h7-12H,1-2H2,3-6H3. The van der Waals surface area contributed by atoms with Crippen molar-refractivity contribution >= 4 is 11.8 Å². The Hall–Kier alpha value is -2.13. The van der Waals surface area contributed by atoms with Crippen LogP contribution in [0.3, 0.4) is 0 Å². The zero-order valence-electron chi connectivity index (χ0n) is 14.1. The minimum absolute atomic E-state index is 0.881. The second-order valence-corrected chi connectivity index (χ2v) is 6.59. The summed E-state index contributed by atoms with van der Waals surface area (Å²) < 4.78 is 11.0. The van der Waals surface area contributed by atoms with Crippen molar-refractivity contribution in [1.29, 1.82) is 0 Å². The molecule has 0 saturated carbocycles. The Labute approximate surface area is 142 Å². The maximum absolute atomic E-state index is 5.48.